The van der Waals surface area contributed by atoms with E-state index < -0.39 is 10.0 Å². The fraction of sp³-hybridized carbons (Fsp3) is 0. The third-order valence-electron chi connectivity index (χ3n) is 3.71. The van der Waals surface area contributed by atoms with E-state index in [1.54, 1.807) is 48.7 Å². The van der Waals surface area contributed by atoms with Crippen molar-refractivity contribution in [2.24, 2.45) is 0 Å². The first-order valence-corrected chi connectivity index (χ1v) is 9.78. The number of rotatable bonds is 6. The van der Waals surface area contributed by atoms with Crippen LogP contribution in [0.4, 0.5) is 5.95 Å². The zero-order chi connectivity index (χ0) is 19.4. The Hall–Kier alpha value is -3.72. The number of nitrogens with zero attached hydrogens (tertiary/aromatic N) is 3. The van der Waals surface area contributed by atoms with Crippen molar-refractivity contribution < 1.29 is 13.2 Å². The van der Waals surface area contributed by atoms with E-state index in [0.717, 1.165) is 0 Å². The Morgan fingerprint density at radius 1 is 0.857 bits per heavy atom. The number of sulfonamides is 1. The van der Waals surface area contributed by atoms with Crippen molar-refractivity contribution in [3.63, 3.8) is 0 Å². The summed E-state index contributed by atoms with van der Waals surface area (Å²) < 4.78 is 33.4. The molecule has 2 N–H and O–H groups in total. The number of H-pyrrole nitrogens is 1. The van der Waals surface area contributed by atoms with Crippen LogP contribution in [-0.4, -0.2) is 28.6 Å². The quantitative estimate of drug-likeness (QED) is 0.519. The first kappa shape index (κ1) is 17.7. The van der Waals surface area contributed by atoms with E-state index in [2.05, 4.69) is 24.9 Å². The lowest BCUT2D eigenvalue weighted by atomic mass is 10.3. The van der Waals surface area contributed by atoms with Crippen LogP contribution in [0.1, 0.15) is 0 Å². The van der Waals surface area contributed by atoms with Gasteiger partial charge in [0.2, 0.25) is 11.8 Å². The SMILES string of the molecule is O=S(=O)(Nc1nc(Oc2ccccc2)cc(-c2cc[nH]n2)n1)c1ccccc1. The number of aromatic nitrogens is 4. The molecule has 2 aromatic heterocycles. The van der Waals surface area contributed by atoms with Crippen molar-refractivity contribution in [3.8, 4) is 23.0 Å². The van der Waals surface area contributed by atoms with Gasteiger partial charge in [0.25, 0.3) is 10.0 Å². The van der Waals surface area contributed by atoms with Gasteiger partial charge in [0.1, 0.15) is 11.4 Å². The minimum absolute atomic E-state index is 0.106. The van der Waals surface area contributed by atoms with Crippen molar-refractivity contribution in [2.75, 3.05) is 4.72 Å². The van der Waals surface area contributed by atoms with Gasteiger partial charge >= 0.3 is 0 Å². The lowest BCUT2D eigenvalue weighted by Gasteiger charge is -2.10. The summed E-state index contributed by atoms with van der Waals surface area (Å²) in [5, 5.41) is 6.78. The number of para-hydroxylation sites is 1. The molecule has 140 valence electrons. The van der Waals surface area contributed by atoms with Crippen LogP contribution in [0.3, 0.4) is 0 Å². The summed E-state index contributed by atoms with van der Waals surface area (Å²) in [6, 6.07) is 20.3. The molecule has 2 heterocycles. The molecule has 0 spiro atoms. The average molecular weight is 393 g/mol. The summed E-state index contributed by atoms with van der Waals surface area (Å²) in [5.74, 6) is 0.631. The summed E-state index contributed by atoms with van der Waals surface area (Å²) in [6.45, 7) is 0. The highest BCUT2D eigenvalue weighted by Crippen LogP contribution is 2.26. The molecule has 4 rings (SSSR count). The zero-order valence-corrected chi connectivity index (χ0v) is 15.3. The maximum atomic E-state index is 12.6. The molecule has 0 bridgehead atoms. The van der Waals surface area contributed by atoms with Crippen LogP contribution < -0.4 is 9.46 Å². The van der Waals surface area contributed by atoms with Crippen molar-refractivity contribution in [1.29, 1.82) is 0 Å². The monoisotopic (exact) mass is 393 g/mol. The standard InChI is InChI=1S/C19H15N5O3S/c25-28(26,15-9-5-2-6-10-15)24-19-21-17(16-11-12-20-23-16)13-18(22-19)27-14-7-3-1-4-8-14/h1-13H,(H,20,23)(H,21,22,24). The molecule has 28 heavy (non-hydrogen) atoms. The Morgan fingerprint density at radius 3 is 2.25 bits per heavy atom. The van der Waals surface area contributed by atoms with Gasteiger partial charge in [-0.25, -0.2) is 18.1 Å². The number of benzene rings is 2. The number of aromatic amines is 1. The Balaban J connectivity index is 1.72. The molecule has 0 saturated heterocycles. The molecule has 0 atom stereocenters. The smallest absolute Gasteiger partial charge is 0.264 e. The second kappa shape index (κ2) is 7.49. The lowest BCUT2D eigenvalue weighted by Crippen LogP contribution is -2.15. The van der Waals surface area contributed by atoms with Gasteiger partial charge in [0.15, 0.2) is 0 Å². The van der Waals surface area contributed by atoms with Gasteiger partial charge < -0.3 is 4.74 Å². The lowest BCUT2D eigenvalue weighted by molar-refractivity contribution is 0.463. The summed E-state index contributed by atoms with van der Waals surface area (Å²) >= 11 is 0. The highest BCUT2D eigenvalue weighted by Gasteiger charge is 2.18. The minimum atomic E-state index is -3.85. The minimum Gasteiger partial charge on any atom is -0.439 e. The maximum Gasteiger partial charge on any atom is 0.264 e. The van der Waals surface area contributed by atoms with Crippen LogP contribution in [-0.2, 0) is 10.0 Å². The Bertz CT molecular complexity index is 1160. The van der Waals surface area contributed by atoms with Gasteiger partial charge in [-0.3, -0.25) is 5.10 Å². The molecule has 0 saturated carbocycles. The van der Waals surface area contributed by atoms with Gasteiger partial charge in [0.05, 0.1) is 10.6 Å². The first-order chi connectivity index (χ1) is 13.6. The molecule has 2 aromatic carbocycles. The van der Waals surface area contributed by atoms with E-state index in [1.807, 2.05) is 18.2 Å². The molecule has 4 aromatic rings. The van der Waals surface area contributed by atoms with E-state index in [-0.39, 0.29) is 16.7 Å². The summed E-state index contributed by atoms with van der Waals surface area (Å²) in [5.41, 5.74) is 0.938. The third kappa shape index (κ3) is 3.99. The molecule has 0 unspecified atom stereocenters. The number of anilines is 1. The molecule has 0 amide bonds. The Morgan fingerprint density at radius 2 is 1.57 bits per heavy atom. The highest BCUT2D eigenvalue weighted by atomic mass is 32.2. The fourth-order valence-electron chi connectivity index (χ4n) is 2.45. The van der Waals surface area contributed by atoms with E-state index in [4.69, 9.17) is 4.74 Å². The number of hydrogen-bond acceptors (Lipinski definition) is 6. The van der Waals surface area contributed by atoms with Crippen LogP contribution in [0.15, 0.2) is 83.9 Å². The van der Waals surface area contributed by atoms with Crippen molar-refractivity contribution in [1.82, 2.24) is 20.2 Å². The molecule has 0 aliphatic heterocycles. The predicted molar refractivity (Wildman–Crippen MR) is 103 cm³/mol. The molecule has 0 radical (unpaired) electrons. The second-order valence-electron chi connectivity index (χ2n) is 5.71. The fourth-order valence-corrected chi connectivity index (χ4v) is 3.41. The largest absolute Gasteiger partial charge is 0.439 e. The van der Waals surface area contributed by atoms with Gasteiger partial charge in [-0.1, -0.05) is 36.4 Å². The van der Waals surface area contributed by atoms with Crippen LogP contribution >= 0.6 is 0 Å². The summed E-state index contributed by atoms with van der Waals surface area (Å²) in [4.78, 5) is 8.56. The van der Waals surface area contributed by atoms with Crippen molar-refractivity contribution in [2.45, 2.75) is 4.90 Å². The summed E-state index contributed by atoms with van der Waals surface area (Å²) in [7, 11) is -3.85. The van der Waals surface area contributed by atoms with Gasteiger partial charge in [-0.2, -0.15) is 10.1 Å². The van der Waals surface area contributed by atoms with Gasteiger partial charge in [-0.15, -0.1) is 0 Å². The van der Waals surface area contributed by atoms with Crippen LogP contribution in [0, 0.1) is 0 Å². The Labute approximate surface area is 161 Å². The number of nitrogens with one attached hydrogen (secondary N) is 2. The highest BCUT2D eigenvalue weighted by molar-refractivity contribution is 7.92. The zero-order valence-electron chi connectivity index (χ0n) is 14.5. The molecule has 0 fully saturated rings. The van der Waals surface area contributed by atoms with E-state index in [9.17, 15) is 8.42 Å². The van der Waals surface area contributed by atoms with E-state index in [0.29, 0.717) is 17.1 Å². The Kier molecular flexibility index (Phi) is 4.73. The summed E-state index contributed by atoms with van der Waals surface area (Å²) in [6.07, 6.45) is 1.64. The van der Waals surface area contributed by atoms with Gasteiger partial charge in [-0.05, 0) is 30.3 Å². The molecule has 0 aliphatic carbocycles. The molecule has 9 heteroatoms. The average Bonchev–Trinajstić information content (AvgIpc) is 3.24. The molecule has 8 nitrogen and oxygen atoms in total. The first-order valence-electron chi connectivity index (χ1n) is 8.30. The van der Waals surface area contributed by atoms with Crippen molar-refractivity contribution >= 4 is 16.0 Å². The molecular formula is C19H15N5O3S. The van der Waals surface area contributed by atoms with Crippen LogP contribution in [0.25, 0.3) is 11.4 Å². The predicted octanol–water partition coefficient (Wildman–Crippen LogP) is 3.46. The van der Waals surface area contributed by atoms with E-state index >= 15 is 0 Å². The van der Waals surface area contributed by atoms with Gasteiger partial charge in [0, 0.05) is 12.3 Å². The number of hydrogen-bond donors (Lipinski definition) is 2. The molecule has 0 aliphatic rings. The third-order valence-corrected chi connectivity index (χ3v) is 5.05. The van der Waals surface area contributed by atoms with Crippen LogP contribution in [0.5, 0.6) is 11.6 Å². The van der Waals surface area contributed by atoms with Crippen LogP contribution in [0.2, 0.25) is 0 Å². The second-order valence-corrected chi connectivity index (χ2v) is 7.39. The maximum absolute atomic E-state index is 12.6. The topological polar surface area (TPSA) is 110 Å². The van der Waals surface area contributed by atoms with E-state index in [1.165, 1.54) is 12.1 Å². The van der Waals surface area contributed by atoms with Crippen molar-refractivity contribution in [3.05, 3.63) is 79.0 Å². The molecular weight excluding hydrogens is 378 g/mol. The number of ether oxygens (including phenoxy) is 1. The normalized spacial score (nSPS) is 11.1.